The molecule has 1 fully saturated rings. The molecule has 0 radical (unpaired) electrons. The lowest BCUT2D eigenvalue weighted by atomic mass is 10.0. The molecular formula is C12H14F3N3O. The first kappa shape index (κ1) is 13.7. The van der Waals surface area contributed by atoms with E-state index in [2.05, 4.69) is 10.6 Å². The zero-order valence-corrected chi connectivity index (χ0v) is 10.1. The van der Waals surface area contributed by atoms with Crippen LogP contribution in [0.4, 0.5) is 18.9 Å². The maximum absolute atomic E-state index is 12.9. The fourth-order valence-electron chi connectivity index (χ4n) is 2.10. The number of halogens is 3. The van der Waals surface area contributed by atoms with Crippen molar-refractivity contribution in [3.63, 3.8) is 0 Å². The van der Waals surface area contributed by atoms with Crippen LogP contribution in [0.5, 0.6) is 0 Å². The van der Waals surface area contributed by atoms with Crippen molar-refractivity contribution in [2.75, 3.05) is 18.4 Å². The summed E-state index contributed by atoms with van der Waals surface area (Å²) in [5.41, 5.74) is 3.78. The lowest BCUT2D eigenvalue weighted by Crippen LogP contribution is -2.23. The normalized spacial score (nSPS) is 19.4. The number of nitrogens with two attached hydrogens (primary N) is 1. The number of amides is 1. The average Bonchev–Trinajstić information content (AvgIpc) is 2.80. The zero-order valence-electron chi connectivity index (χ0n) is 10.1. The molecule has 0 spiro atoms. The topological polar surface area (TPSA) is 67.2 Å². The first-order chi connectivity index (χ1) is 8.88. The summed E-state index contributed by atoms with van der Waals surface area (Å²) in [6, 6.07) is 3.57. The SMILES string of the molecule is NC(=O)c1ccc(NC2CCNC2)cc1C(F)(F)F. The van der Waals surface area contributed by atoms with E-state index in [1.807, 2.05) is 0 Å². The van der Waals surface area contributed by atoms with Gasteiger partial charge in [-0.3, -0.25) is 4.79 Å². The summed E-state index contributed by atoms with van der Waals surface area (Å²) in [4.78, 5) is 11.0. The van der Waals surface area contributed by atoms with Gasteiger partial charge in [-0.15, -0.1) is 0 Å². The van der Waals surface area contributed by atoms with Crippen LogP contribution in [0.1, 0.15) is 22.3 Å². The highest BCUT2D eigenvalue weighted by atomic mass is 19.4. The van der Waals surface area contributed by atoms with Crippen LogP contribution in [0.2, 0.25) is 0 Å². The van der Waals surface area contributed by atoms with Crippen molar-refractivity contribution < 1.29 is 18.0 Å². The number of anilines is 1. The van der Waals surface area contributed by atoms with Crippen LogP contribution in [0.3, 0.4) is 0 Å². The molecule has 1 aromatic rings. The third-order valence-electron chi connectivity index (χ3n) is 3.02. The van der Waals surface area contributed by atoms with E-state index in [4.69, 9.17) is 5.73 Å². The van der Waals surface area contributed by atoms with E-state index in [1.165, 1.54) is 6.07 Å². The Morgan fingerprint density at radius 2 is 2.16 bits per heavy atom. The number of nitrogens with one attached hydrogen (secondary N) is 2. The van der Waals surface area contributed by atoms with E-state index < -0.39 is 23.2 Å². The minimum absolute atomic E-state index is 0.0977. The molecule has 104 valence electrons. The molecule has 1 heterocycles. The summed E-state index contributed by atoms with van der Waals surface area (Å²) in [5.74, 6) is -1.08. The molecule has 1 aromatic carbocycles. The molecule has 1 aliphatic rings. The van der Waals surface area contributed by atoms with Crippen molar-refractivity contribution in [2.45, 2.75) is 18.6 Å². The second-order valence-electron chi connectivity index (χ2n) is 4.46. The summed E-state index contributed by atoms with van der Waals surface area (Å²) >= 11 is 0. The molecule has 1 atom stereocenters. The Kier molecular flexibility index (Phi) is 3.66. The van der Waals surface area contributed by atoms with Gasteiger partial charge in [-0.1, -0.05) is 0 Å². The molecular weight excluding hydrogens is 259 g/mol. The highest BCUT2D eigenvalue weighted by Crippen LogP contribution is 2.34. The number of hydrogen-bond acceptors (Lipinski definition) is 3. The molecule has 0 bridgehead atoms. The maximum Gasteiger partial charge on any atom is 0.417 e. The summed E-state index contributed by atoms with van der Waals surface area (Å²) in [5, 5.41) is 6.11. The van der Waals surface area contributed by atoms with Crippen LogP contribution < -0.4 is 16.4 Å². The third kappa shape index (κ3) is 3.17. The van der Waals surface area contributed by atoms with Crippen LogP contribution in [0.15, 0.2) is 18.2 Å². The summed E-state index contributed by atoms with van der Waals surface area (Å²) in [6.45, 7) is 1.54. The minimum atomic E-state index is -4.60. The van der Waals surface area contributed by atoms with E-state index in [-0.39, 0.29) is 6.04 Å². The quantitative estimate of drug-likeness (QED) is 0.783. The van der Waals surface area contributed by atoms with Gasteiger partial charge in [0, 0.05) is 18.3 Å². The van der Waals surface area contributed by atoms with E-state index >= 15 is 0 Å². The minimum Gasteiger partial charge on any atom is -0.381 e. The van der Waals surface area contributed by atoms with Crippen molar-refractivity contribution >= 4 is 11.6 Å². The highest BCUT2D eigenvalue weighted by Gasteiger charge is 2.35. The van der Waals surface area contributed by atoms with Gasteiger partial charge in [0.25, 0.3) is 0 Å². The number of hydrogen-bond donors (Lipinski definition) is 3. The molecule has 0 aromatic heterocycles. The van der Waals surface area contributed by atoms with Gasteiger partial charge < -0.3 is 16.4 Å². The first-order valence-electron chi connectivity index (χ1n) is 5.86. The largest absolute Gasteiger partial charge is 0.417 e. The van der Waals surface area contributed by atoms with Gasteiger partial charge in [0.1, 0.15) is 0 Å². The first-order valence-corrected chi connectivity index (χ1v) is 5.86. The number of primary amides is 1. The van der Waals surface area contributed by atoms with Crippen molar-refractivity contribution in [3.05, 3.63) is 29.3 Å². The lowest BCUT2D eigenvalue weighted by Gasteiger charge is -2.16. The molecule has 1 unspecified atom stereocenters. The van der Waals surface area contributed by atoms with Crippen LogP contribution in [-0.4, -0.2) is 25.0 Å². The molecule has 7 heteroatoms. The molecule has 0 saturated carbocycles. The van der Waals surface area contributed by atoms with Gasteiger partial charge in [0.15, 0.2) is 0 Å². The Bertz CT molecular complexity index is 482. The third-order valence-corrected chi connectivity index (χ3v) is 3.02. The maximum atomic E-state index is 12.9. The van der Waals surface area contributed by atoms with Crippen LogP contribution in [-0.2, 0) is 6.18 Å². The summed E-state index contributed by atoms with van der Waals surface area (Å²) < 4.78 is 38.6. The monoisotopic (exact) mass is 273 g/mol. The highest BCUT2D eigenvalue weighted by molar-refractivity contribution is 5.95. The van der Waals surface area contributed by atoms with Crippen LogP contribution in [0.25, 0.3) is 0 Å². The van der Waals surface area contributed by atoms with Gasteiger partial charge in [-0.25, -0.2) is 0 Å². The number of benzene rings is 1. The second-order valence-corrected chi connectivity index (χ2v) is 4.46. The van der Waals surface area contributed by atoms with E-state index in [0.29, 0.717) is 12.2 Å². The van der Waals surface area contributed by atoms with E-state index in [1.54, 1.807) is 0 Å². The predicted octanol–water partition coefficient (Wildman–Crippen LogP) is 1.58. The number of carbonyl (C=O) groups is 1. The van der Waals surface area contributed by atoms with Gasteiger partial charge in [-0.05, 0) is 31.2 Å². The van der Waals surface area contributed by atoms with E-state index in [0.717, 1.165) is 25.1 Å². The van der Waals surface area contributed by atoms with Gasteiger partial charge >= 0.3 is 6.18 Å². The standard InChI is InChI=1S/C12H14F3N3O/c13-12(14,15)10-5-7(1-2-9(10)11(16)19)18-8-3-4-17-6-8/h1-2,5,8,17-18H,3-4,6H2,(H2,16,19). The van der Waals surface area contributed by atoms with Crippen LogP contribution >= 0.6 is 0 Å². The Morgan fingerprint density at radius 1 is 1.42 bits per heavy atom. The molecule has 2 rings (SSSR count). The van der Waals surface area contributed by atoms with Gasteiger partial charge in [0.2, 0.25) is 5.91 Å². The lowest BCUT2D eigenvalue weighted by molar-refractivity contribution is -0.137. The zero-order chi connectivity index (χ0) is 14.0. The second kappa shape index (κ2) is 5.08. The Balaban J connectivity index is 2.29. The smallest absolute Gasteiger partial charge is 0.381 e. The summed E-state index contributed by atoms with van der Waals surface area (Å²) in [6.07, 6.45) is -3.76. The Morgan fingerprint density at radius 3 is 2.68 bits per heavy atom. The van der Waals surface area contributed by atoms with Crippen molar-refractivity contribution in [2.24, 2.45) is 5.73 Å². The molecule has 4 N–H and O–H groups in total. The Labute approximate surface area is 108 Å². The Hall–Kier alpha value is -1.76. The van der Waals surface area contributed by atoms with Crippen LogP contribution in [0, 0.1) is 0 Å². The van der Waals surface area contributed by atoms with Crippen molar-refractivity contribution in [1.82, 2.24) is 5.32 Å². The number of alkyl halides is 3. The molecule has 0 aliphatic carbocycles. The van der Waals surface area contributed by atoms with Gasteiger partial charge in [0.05, 0.1) is 11.1 Å². The molecule has 1 saturated heterocycles. The van der Waals surface area contributed by atoms with Crippen molar-refractivity contribution in [3.8, 4) is 0 Å². The summed E-state index contributed by atoms with van der Waals surface area (Å²) in [7, 11) is 0. The molecule has 1 amide bonds. The molecule has 4 nitrogen and oxygen atoms in total. The molecule has 1 aliphatic heterocycles. The average molecular weight is 273 g/mol. The fraction of sp³-hybridized carbons (Fsp3) is 0.417. The molecule has 19 heavy (non-hydrogen) atoms. The predicted molar refractivity (Wildman–Crippen MR) is 64.9 cm³/mol. The van der Waals surface area contributed by atoms with E-state index in [9.17, 15) is 18.0 Å². The fourth-order valence-corrected chi connectivity index (χ4v) is 2.10. The number of rotatable bonds is 3. The van der Waals surface area contributed by atoms with Gasteiger partial charge in [-0.2, -0.15) is 13.2 Å². The number of carbonyl (C=O) groups excluding carboxylic acids is 1. The van der Waals surface area contributed by atoms with Crippen molar-refractivity contribution in [1.29, 1.82) is 0 Å².